The second-order valence-corrected chi connectivity index (χ2v) is 6.04. The van der Waals surface area contributed by atoms with Crippen LogP contribution in [0.3, 0.4) is 0 Å². The molecule has 0 bridgehead atoms. The van der Waals surface area contributed by atoms with E-state index in [1.165, 1.54) is 4.90 Å². The van der Waals surface area contributed by atoms with Crippen LogP contribution in [0.25, 0.3) is 0 Å². The normalized spacial score (nSPS) is 31.1. The number of piperidine rings is 1. The minimum absolute atomic E-state index is 0.261. The van der Waals surface area contributed by atoms with Gasteiger partial charge in [-0.25, -0.2) is 13.6 Å². The summed E-state index contributed by atoms with van der Waals surface area (Å²) in [5, 5.41) is 2.96. The molecular formula is C12H20F2N2O2. The molecule has 0 aromatic heterocycles. The molecule has 0 aliphatic carbocycles. The van der Waals surface area contributed by atoms with Crippen LogP contribution in [0.5, 0.6) is 0 Å². The monoisotopic (exact) mass is 262 g/mol. The highest BCUT2D eigenvalue weighted by Crippen LogP contribution is 2.40. The average Bonchev–Trinajstić information content (AvgIpc) is 2.50. The van der Waals surface area contributed by atoms with E-state index in [1.807, 2.05) is 0 Å². The van der Waals surface area contributed by atoms with Crippen molar-refractivity contribution in [3.8, 4) is 0 Å². The van der Waals surface area contributed by atoms with Crippen molar-refractivity contribution in [1.29, 1.82) is 0 Å². The molecule has 2 rings (SSSR count). The van der Waals surface area contributed by atoms with Crippen LogP contribution in [0.1, 0.15) is 27.2 Å². The maximum absolute atomic E-state index is 13.8. The molecule has 6 heteroatoms. The predicted octanol–water partition coefficient (Wildman–Crippen LogP) is 1.85. The molecule has 2 aliphatic rings. The quantitative estimate of drug-likeness (QED) is 0.724. The predicted molar refractivity (Wildman–Crippen MR) is 62.7 cm³/mol. The molecule has 0 unspecified atom stereocenters. The van der Waals surface area contributed by atoms with E-state index in [-0.39, 0.29) is 6.54 Å². The zero-order valence-corrected chi connectivity index (χ0v) is 11.0. The summed E-state index contributed by atoms with van der Waals surface area (Å²) in [5.41, 5.74) is -0.655. The van der Waals surface area contributed by atoms with Crippen LogP contribution in [-0.2, 0) is 4.74 Å². The molecule has 4 nitrogen and oxygen atoms in total. The lowest BCUT2D eigenvalue weighted by molar-refractivity contribution is -0.0337. The van der Waals surface area contributed by atoms with Gasteiger partial charge in [0.1, 0.15) is 5.60 Å². The van der Waals surface area contributed by atoms with Crippen molar-refractivity contribution in [2.24, 2.45) is 5.92 Å². The van der Waals surface area contributed by atoms with Crippen molar-refractivity contribution >= 4 is 6.09 Å². The van der Waals surface area contributed by atoms with Gasteiger partial charge in [0.15, 0.2) is 0 Å². The summed E-state index contributed by atoms with van der Waals surface area (Å²) in [5.74, 6) is -3.62. The number of hydrogen-bond donors (Lipinski definition) is 1. The third-order valence-corrected chi connectivity index (χ3v) is 3.40. The summed E-state index contributed by atoms with van der Waals surface area (Å²) in [6.07, 6.45) is -0.0731. The van der Waals surface area contributed by atoms with Gasteiger partial charge in [-0.3, -0.25) is 4.90 Å². The van der Waals surface area contributed by atoms with Crippen LogP contribution < -0.4 is 5.32 Å². The Kier molecular flexibility index (Phi) is 3.25. The number of alkyl halides is 2. The Bertz CT molecular complexity index is 341. The van der Waals surface area contributed by atoms with Gasteiger partial charge in [0.05, 0.1) is 12.5 Å². The van der Waals surface area contributed by atoms with E-state index in [9.17, 15) is 13.6 Å². The van der Waals surface area contributed by atoms with Gasteiger partial charge in [0.2, 0.25) is 0 Å². The SMILES string of the molecule is CC(C)(C)OC(=O)N1CC(F)(F)[C@@H]2CNCC[C@@H]21. The van der Waals surface area contributed by atoms with Crippen LogP contribution in [-0.4, -0.2) is 48.2 Å². The molecule has 2 saturated heterocycles. The number of halogens is 2. The first-order chi connectivity index (χ1) is 8.21. The molecule has 0 saturated carbocycles. The van der Waals surface area contributed by atoms with Gasteiger partial charge in [-0.2, -0.15) is 0 Å². The molecular weight excluding hydrogens is 242 g/mol. The number of hydrogen-bond acceptors (Lipinski definition) is 3. The highest BCUT2D eigenvalue weighted by Gasteiger charge is 2.56. The Hall–Kier alpha value is -0.910. The Labute approximate surface area is 106 Å². The lowest BCUT2D eigenvalue weighted by Crippen LogP contribution is -2.48. The van der Waals surface area contributed by atoms with Gasteiger partial charge in [-0.1, -0.05) is 0 Å². The summed E-state index contributed by atoms with van der Waals surface area (Å²) < 4.78 is 32.9. The van der Waals surface area contributed by atoms with E-state index >= 15 is 0 Å². The van der Waals surface area contributed by atoms with Gasteiger partial charge >= 0.3 is 6.09 Å². The Morgan fingerprint density at radius 3 is 2.72 bits per heavy atom. The number of amides is 1. The minimum atomic E-state index is -2.82. The summed E-state index contributed by atoms with van der Waals surface area (Å²) in [6, 6.07) is -0.406. The number of nitrogens with one attached hydrogen (secondary N) is 1. The van der Waals surface area contributed by atoms with Crippen molar-refractivity contribution in [1.82, 2.24) is 10.2 Å². The molecule has 0 spiro atoms. The van der Waals surface area contributed by atoms with Gasteiger partial charge in [0, 0.05) is 12.6 Å². The molecule has 1 amide bonds. The number of likely N-dealkylation sites (tertiary alicyclic amines) is 1. The van der Waals surface area contributed by atoms with E-state index in [0.29, 0.717) is 13.0 Å². The molecule has 2 atom stereocenters. The van der Waals surface area contributed by atoms with E-state index in [0.717, 1.165) is 0 Å². The number of nitrogens with zero attached hydrogens (tertiary/aromatic N) is 1. The highest BCUT2D eigenvalue weighted by molar-refractivity contribution is 5.69. The lowest BCUT2D eigenvalue weighted by atomic mass is 9.92. The van der Waals surface area contributed by atoms with Gasteiger partial charge in [-0.15, -0.1) is 0 Å². The maximum Gasteiger partial charge on any atom is 0.410 e. The highest BCUT2D eigenvalue weighted by atomic mass is 19.3. The number of ether oxygens (including phenoxy) is 1. The molecule has 2 aliphatic heterocycles. The zero-order chi connectivity index (χ0) is 13.6. The number of carbonyl (C=O) groups is 1. The smallest absolute Gasteiger partial charge is 0.410 e. The van der Waals surface area contributed by atoms with E-state index in [2.05, 4.69) is 5.32 Å². The standard InChI is InChI=1S/C12H20F2N2O2/c1-11(2,3)18-10(17)16-7-12(13,14)8-6-15-5-4-9(8)16/h8-9,15H,4-7H2,1-3H3/t8-,9+/m1/s1. The Morgan fingerprint density at radius 2 is 2.11 bits per heavy atom. The second kappa shape index (κ2) is 4.33. The van der Waals surface area contributed by atoms with Gasteiger partial charge in [-0.05, 0) is 33.7 Å². The van der Waals surface area contributed by atoms with E-state index in [4.69, 9.17) is 4.74 Å². The molecule has 0 radical (unpaired) electrons. The molecule has 0 aromatic carbocycles. The van der Waals surface area contributed by atoms with Crippen LogP contribution in [0.4, 0.5) is 13.6 Å². The Balaban J connectivity index is 2.12. The molecule has 2 heterocycles. The summed E-state index contributed by atoms with van der Waals surface area (Å²) in [4.78, 5) is 13.2. The van der Waals surface area contributed by atoms with Crippen LogP contribution in [0.2, 0.25) is 0 Å². The molecule has 18 heavy (non-hydrogen) atoms. The van der Waals surface area contributed by atoms with Crippen LogP contribution >= 0.6 is 0 Å². The van der Waals surface area contributed by atoms with Gasteiger partial charge in [0.25, 0.3) is 5.92 Å². The molecule has 2 fully saturated rings. The third-order valence-electron chi connectivity index (χ3n) is 3.40. The first-order valence-electron chi connectivity index (χ1n) is 6.29. The van der Waals surface area contributed by atoms with Crippen LogP contribution in [0, 0.1) is 5.92 Å². The maximum atomic E-state index is 13.8. The Morgan fingerprint density at radius 1 is 1.44 bits per heavy atom. The second-order valence-electron chi connectivity index (χ2n) is 6.04. The van der Waals surface area contributed by atoms with Crippen LogP contribution in [0.15, 0.2) is 0 Å². The van der Waals surface area contributed by atoms with Gasteiger partial charge < -0.3 is 10.1 Å². The molecule has 0 aromatic rings. The fourth-order valence-corrected chi connectivity index (χ4v) is 2.63. The summed E-state index contributed by atoms with van der Waals surface area (Å²) in [7, 11) is 0. The fourth-order valence-electron chi connectivity index (χ4n) is 2.63. The van der Waals surface area contributed by atoms with Crippen molar-refractivity contribution in [2.45, 2.75) is 44.8 Å². The average molecular weight is 262 g/mol. The first-order valence-corrected chi connectivity index (χ1v) is 6.29. The number of fused-ring (bicyclic) bond motifs is 1. The largest absolute Gasteiger partial charge is 0.444 e. The lowest BCUT2D eigenvalue weighted by Gasteiger charge is -2.33. The fraction of sp³-hybridized carbons (Fsp3) is 0.917. The van der Waals surface area contributed by atoms with Crippen molar-refractivity contribution in [3.63, 3.8) is 0 Å². The van der Waals surface area contributed by atoms with E-state index < -0.39 is 36.1 Å². The van der Waals surface area contributed by atoms with Crippen molar-refractivity contribution in [3.05, 3.63) is 0 Å². The van der Waals surface area contributed by atoms with E-state index in [1.54, 1.807) is 20.8 Å². The molecule has 104 valence electrons. The van der Waals surface area contributed by atoms with Crippen molar-refractivity contribution in [2.75, 3.05) is 19.6 Å². The number of rotatable bonds is 0. The van der Waals surface area contributed by atoms with Crippen molar-refractivity contribution < 1.29 is 18.3 Å². The topological polar surface area (TPSA) is 41.6 Å². The zero-order valence-electron chi connectivity index (χ0n) is 11.0. The number of carbonyl (C=O) groups excluding carboxylic acids is 1. The summed E-state index contributed by atoms with van der Waals surface area (Å²) in [6.45, 7) is 5.60. The molecule has 1 N–H and O–H groups in total. The third kappa shape index (κ3) is 2.58. The summed E-state index contributed by atoms with van der Waals surface area (Å²) >= 11 is 0. The first kappa shape index (κ1) is 13.5. The minimum Gasteiger partial charge on any atom is -0.444 e.